The SMILES string of the molecule is [Cl-].[Cl-].[Cl-].[Cl-].[Mg+2].[Zr+2]. The van der Waals surface area contributed by atoms with Crippen molar-refractivity contribution in [2.45, 2.75) is 0 Å². The monoisotopic (exact) mass is 254 g/mol. The fourth-order valence-electron chi connectivity index (χ4n) is 0. The zero-order valence-electron chi connectivity index (χ0n) is 2.72. The van der Waals surface area contributed by atoms with E-state index in [2.05, 4.69) is 0 Å². The van der Waals surface area contributed by atoms with Crippen LogP contribution < -0.4 is 49.6 Å². The van der Waals surface area contributed by atoms with Gasteiger partial charge in [0.05, 0.1) is 0 Å². The molecular formula is Cl4MgZr. The molecule has 0 aromatic carbocycles. The maximum atomic E-state index is 0. The molecule has 0 heterocycles. The van der Waals surface area contributed by atoms with Crippen LogP contribution in [0.3, 0.4) is 0 Å². The van der Waals surface area contributed by atoms with Crippen molar-refractivity contribution in [2.75, 3.05) is 0 Å². The zero-order valence-corrected chi connectivity index (χ0v) is 9.61. The van der Waals surface area contributed by atoms with E-state index >= 15 is 0 Å². The molecule has 0 saturated heterocycles. The molecule has 0 bridgehead atoms. The number of hydrogen-bond acceptors (Lipinski definition) is 0. The van der Waals surface area contributed by atoms with E-state index in [1.807, 2.05) is 0 Å². The summed E-state index contributed by atoms with van der Waals surface area (Å²) in [6.45, 7) is 0. The van der Waals surface area contributed by atoms with Crippen LogP contribution in [0, 0.1) is 0 Å². The summed E-state index contributed by atoms with van der Waals surface area (Å²) in [5, 5.41) is 0. The van der Waals surface area contributed by atoms with E-state index in [-0.39, 0.29) is 98.9 Å². The van der Waals surface area contributed by atoms with Gasteiger partial charge in [0.25, 0.3) is 0 Å². The largest absolute Gasteiger partial charge is 2.00 e. The summed E-state index contributed by atoms with van der Waals surface area (Å²) in [5.74, 6) is 0. The third kappa shape index (κ3) is 29.1. The summed E-state index contributed by atoms with van der Waals surface area (Å²) in [4.78, 5) is 0. The van der Waals surface area contributed by atoms with Crippen molar-refractivity contribution in [3.8, 4) is 0 Å². The van der Waals surface area contributed by atoms with Crippen molar-refractivity contribution in [2.24, 2.45) is 0 Å². The molecule has 0 aromatic rings. The average Bonchev–Trinajstić information content (AvgIpc) is 0. The molecule has 0 aliphatic heterocycles. The summed E-state index contributed by atoms with van der Waals surface area (Å²) < 4.78 is 0. The van der Waals surface area contributed by atoms with Gasteiger partial charge in [0.2, 0.25) is 0 Å². The molecule has 0 aliphatic carbocycles. The van der Waals surface area contributed by atoms with Crippen molar-refractivity contribution in [1.82, 2.24) is 0 Å². The van der Waals surface area contributed by atoms with Crippen LogP contribution in [0.25, 0.3) is 0 Å². The minimum atomic E-state index is 0. The van der Waals surface area contributed by atoms with Gasteiger partial charge in [-0.05, 0) is 0 Å². The quantitative estimate of drug-likeness (QED) is 0.378. The second kappa shape index (κ2) is 45.9. The average molecular weight is 257 g/mol. The van der Waals surface area contributed by atoms with Crippen molar-refractivity contribution in [3.05, 3.63) is 0 Å². The molecule has 0 unspecified atom stereocenters. The summed E-state index contributed by atoms with van der Waals surface area (Å²) in [7, 11) is 0. The minimum Gasteiger partial charge on any atom is -1.00 e. The van der Waals surface area contributed by atoms with Gasteiger partial charge in [-0.2, -0.15) is 0 Å². The molecule has 0 spiro atoms. The van der Waals surface area contributed by atoms with Crippen LogP contribution in [-0.4, -0.2) is 23.1 Å². The Bertz CT molecular complexity index is 7.51. The first-order chi connectivity index (χ1) is 0. The fourth-order valence-corrected chi connectivity index (χ4v) is 0. The molecule has 0 fully saturated rings. The number of halogens is 4. The standard InChI is InChI=1S/4ClH.Mg.Zr/h4*1H;;/q;;;;2*+2/p-4. The molecule has 6 heavy (non-hydrogen) atoms. The van der Waals surface area contributed by atoms with Crippen molar-refractivity contribution >= 4 is 23.1 Å². The van der Waals surface area contributed by atoms with Crippen molar-refractivity contribution < 1.29 is 75.8 Å². The van der Waals surface area contributed by atoms with Crippen LogP contribution in [0.5, 0.6) is 0 Å². The predicted octanol–water partition coefficient (Wildman–Crippen LogP) is -12.4. The van der Waals surface area contributed by atoms with Gasteiger partial charge in [-0.25, -0.2) is 0 Å². The zero-order chi connectivity index (χ0) is 0. The maximum Gasteiger partial charge on any atom is 2.00 e. The van der Waals surface area contributed by atoms with Crippen LogP contribution in [0.1, 0.15) is 0 Å². The van der Waals surface area contributed by atoms with Crippen molar-refractivity contribution in [3.63, 3.8) is 0 Å². The Labute approximate surface area is 97.5 Å². The third-order valence-corrected chi connectivity index (χ3v) is 0. The van der Waals surface area contributed by atoms with Crippen LogP contribution in [0.4, 0.5) is 0 Å². The summed E-state index contributed by atoms with van der Waals surface area (Å²) in [6, 6.07) is 0. The predicted molar refractivity (Wildman–Crippen MR) is 5.75 cm³/mol. The van der Waals surface area contributed by atoms with Gasteiger partial charge in [-0.15, -0.1) is 0 Å². The van der Waals surface area contributed by atoms with Gasteiger partial charge in [-0.1, -0.05) is 0 Å². The van der Waals surface area contributed by atoms with E-state index in [1.165, 1.54) is 0 Å². The smallest absolute Gasteiger partial charge is 1.00 e. The minimum absolute atomic E-state index is 0. The van der Waals surface area contributed by atoms with Gasteiger partial charge >= 0.3 is 49.3 Å². The van der Waals surface area contributed by atoms with E-state index in [1.54, 1.807) is 0 Å². The van der Waals surface area contributed by atoms with Gasteiger partial charge in [0.15, 0.2) is 0 Å². The second-order valence-corrected chi connectivity index (χ2v) is 0. The maximum absolute atomic E-state index is 0. The normalized spacial score (nSPS) is 0. The van der Waals surface area contributed by atoms with E-state index in [9.17, 15) is 0 Å². The molecule has 0 aliphatic rings. The third-order valence-electron chi connectivity index (χ3n) is 0. The van der Waals surface area contributed by atoms with E-state index < -0.39 is 0 Å². The van der Waals surface area contributed by atoms with Gasteiger partial charge < -0.3 is 49.6 Å². The Kier molecular flexibility index (Phi) is 521. The van der Waals surface area contributed by atoms with Crippen LogP contribution in [0.2, 0.25) is 0 Å². The van der Waals surface area contributed by atoms with Crippen LogP contribution in [0.15, 0.2) is 0 Å². The first kappa shape index (κ1) is 68.1. The summed E-state index contributed by atoms with van der Waals surface area (Å²) in [6.07, 6.45) is 0. The van der Waals surface area contributed by atoms with Gasteiger partial charge in [0, 0.05) is 0 Å². The van der Waals surface area contributed by atoms with Gasteiger partial charge in [0.1, 0.15) is 0 Å². The summed E-state index contributed by atoms with van der Waals surface area (Å²) >= 11 is 0. The molecule has 0 saturated carbocycles. The fraction of sp³-hybridized carbons (Fsp3) is 0. The van der Waals surface area contributed by atoms with Crippen molar-refractivity contribution in [1.29, 1.82) is 0 Å². The molecule has 0 radical (unpaired) electrons. The molecule has 0 atom stereocenters. The number of rotatable bonds is 0. The molecule has 34 valence electrons. The van der Waals surface area contributed by atoms with Crippen LogP contribution >= 0.6 is 0 Å². The topological polar surface area (TPSA) is 0 Å². The Balaban J connectivity index is 0. The second-order valence-electron chi connectivity index (χ2n) is 0. The van der Waals surface area contributed by atoms with Crippen LogP contribution in [-0.2, 0) is 26.2 Å². The van der Waals surface area contributed by atoms with E-state index in [0.717, 1.165) is 0 Å². The number of hydrogen-bond donors (Lipinski definition) is 0. The summed E-state index contributed by atoms with van der Waals surface area (Å²) in [5.41, 5.74) is 0. The molecule has 0 N–H and O–H groups in total. The molecule has 0 nitrogen and oxygen atoms in total. The first-order valence-corrected chi connectivity index (χ1v) is 0. The molecular weight excluding hydrogens is 257 g/mol. The van der Waals surface area contributed by atoms with Gasteiger partial charge in [-0.3, -0.25) is 0 Å². The van der Waals surface area contributed by atoms with E-state index in [0.29, 0.717) is 0 Å². The Morgan fingerprint density at radius 1 is 0.500 bits per heavy atom. The Morgan fingerprint density at radius 2 is 0.500 bits per heavy atom. The Hall–Kier alpha value is 2.81. The first-order valence-electron chi connectivity index (χ1n) is 0. The molecule has 0 rings (SSSR count). The van der Waals surface area contributed by atoms with E-state index in [4.69, 9.17) is 0 Å². The Morgan fingerprint density at radius 3 is 0.500 bits per heavy atom. The molecule has 6 heteroatoms. The molecule has 0 amide bonds. The molecule has 0 aromatic heterocycles.